The van der Waals surface area contributed by atoms with Crippen LogP contribution in [0.3, 0.4) is 0 Å². The molecular formula is C17H23N5O3. The van der Waals surface area contributed by atoms with Gasteiger partial charge in [0.1, 0.15) is 11.6 Å². The molecule has 0 aliphatic carbocycles. The summed E-state index contributed by atoms with van der Waals surface area (Å²) >= 11 is 0. The zero-order chi connectivity index (χ0) is 18.0. The van der Waals surface area contributed by atoms with Gasteiger partial charge >= 0.3 is 5.69 Å². The van der Waals surface area contributed by atoms with Crippen LogP contribution in [0.2, 0.25) is 0 Å². The highest BCUT2D eigenvalue weighted by Crippen LogP contribution is 2.20. The molecule has 25 heavy (non-hydrogen) atoms. The van der Waals surface area contributed by atoms with Crippen LogP contribution in [-0.4, -0.2) is 45.0 Å². The second-order valence-corrected chi connectivity index (χ2v) is 6.34. The van der Waals surface area contributed by atoms with Gasteiger partial charge in [0, 0.05) is 52.1 Å². The predicted octanol–water partition coefficient (Wildman–Crippen LogP) is -0.295. The number of aliphatic hydroxyl groups is 1. The predicted molar refractivity (Wildman–Crippen MR) is 96.2 cm³/mol. The number of aliphatic hydroxyl groups excluding tert-OH is 1. The highest BCUT2D eigenvalue weighted by Gasteiger charge is 2.25. The van der Waals surface area contributed by atoms with E-state index in [1.807, 2.05) is 17.0 Å². The van der Waals surface area contributed by atoms with Crippen molar-refractivity contribution in [2.45, 2.75) is 18.9 Å². The van der Waals surface area contributed by atoms with E-state index in [9.17, 15) is 9.59 Å². The molecule has 1 fully saturated rings. The van der Waals surface area contributed by atoms with E-state index in [1.54, 1.807) is 13.2 Å². The molecule has 3 heterocycles. The minimum atomic E-state index is -0.319. The normalized spacial score (nSPS) is 17.1. The minimum Gasteiger partial charge on any atom is -0.396 e. The summed E-state index contributed by atoms with van der Waals surface area (Å²) < 4.78 is 2.61. The van der Waals surface area contributed by atoms with Gasteiger partial charge in [-0.1, -0.05) is 6.07 Å². The molecule has 0 amide bonds. The van der Waals surface area contributed by atoms with Gasteiger partial charge in [-0.15, -0.1) is 0 Å². The Balaban J connectivity index is 1.70. The van der Waals surface area contributed by atoms with Gasteiger partial charge < -0.3 is 15.3 Å². The molecule has 1 aliphatic rings. The number of hydrogen-bond acceptors (Lipinski definition) is 6. The van der Waals surface area contributed by atoms with Crippen LogP contribution in [0.25, 0.3) is 0 Å². The van der Waals surface area contributed by atoms with Crippen LogP contribution in [0.15, 0.2) is 34.0 Å². The summed E-state index contributed by atoms with van der Waals surface area (Å²) in [6.45, 7) is 1.57. The minimum absolute atomic E-state index is 0.112. The summed E-state index contributed by atoms with van der Waals surface area (Å²) in [5.74, 6) is 1.43. The average molecular weight is 345 g/mol. The molecule has 0 unspecified atom stereocenters. The van der Waals surface area contributed by atoms with Crippen LogP contribution in [0, 0.1) is 0 Å². The molecule has 2 N–H and O–H groups in total. The smallest absolute Gasteiger partial charge is 0.332 e. The lowest BCUT2D eigenvalue weighted by Gasteiger charge is -2.21. The third-order valence-electron chi connectivity index (χ3n) is 4.59. The van der Waals surface area contributed by atoms with E-state index in [2.05, 4.69) is 10.3 Å². The van der Waals surface area contributed by atoms with E-state index < -0.39 is 0 Å². The maximum Gasteiger partial charge on any atom is 0.332 e. The van der Waals surface area contributed by atoms with Crippen LogP contribution in [0.5, 0.6) is 0 Å². The quantitative estimate of drug-likeness (QED) is 0.773. The van der Waals surface area contributed by atoms with Crippen molar-refractivity contribution in [2.24, 2.45) is 14.1 Å². The van der Waals surface area contributed by atoms with Crippen molar-refractivity contribution >= 4 is 11.6 Å². The summed E-state index contributed by atoms with van der Waals surface area (Å²) in [5, 5.41) is 12.3. The van der Waals surface area contributed by atoms with Crippen molar-refractivity contribution in [3.05, 3.63) is 50.8 Å². The molecule has 134 valence electrons. The van der Waals surface area contributed by atoms with E-state index in [4.69, 9.17) is 5.11 Å². The standard InChI is InChI=1S/C17H23N5O3/c1-20-15(9-16(24)21(2)17(20)25)22-7-5-13(11-22)19-14-4-3-12(6-8-23)10-18-14/h3-4,9-10,13,23H,5-8,11H2,1-2H3,(H,18,19)/t13-/m0/s1. The van der Waals surface area contributed by atoms with E-state index in [0.717, 1.165) is 28.9 Å². The van der Waals surface area contributed by atoms with Gasteiger partial charge in [0.05, 0.1) is 0 Å². The molecule has 1 aliphatic heterocycles. The monoisotopic (exact) mass is 345 g/mol. The van der Waals surface area contributed by atoms with E-state index in [1.165, 1.54) is 17.7 Å². The van der Waals surface area contributed by atoms with Gasteiger partial charge in [-0.3, -0.25) is 13.9 Å². The van der Waals surface area contributed by atoms with Crippen LogP contribution in [0.4, 0.5) is 11.6 Å². The fourth-order valence-electron chi connectivity index (χ4n) is 3.11. The van der Waals surface area contributed by atoms with Crippen molar-refractivity contribution in [2.75, 3.05) is 29.9 Å². The first-order chi connectivity index (χ1) is 12.0. The number of nitrogens with zero attached hydrogens (tertiary/aromatic N) is 4. The lowest BCUT2D eigenvalue weighted by atomic mass is 10.2. The van der Waals surface area contributed by atoms with Crippen LogP contribution in [0.1, 0.15) is 12.0 Å². The first-order valence-electron chi connectivity index (χ1n) is 8.34. The molecule has 0 spiro atoms. The molecule has 2 aromatic heterocycles. The highest BCUT2D eigenvalue weighted by atomic mass is 16.3. The van der Waals surface area contributed by atoms with Crippen molar-refractivity contribution in [1.29, 1.82) is 0 Å². The maximum absolute atomic E-state index is 12.1. The molecule has 1 atom stereocenters. The maximum atomic E-state index is 12.1. The molecule has 0 saturated carbocycles. The summed E-state index contributed by atoms with van der Waals surface area (Å²) in [6, 6.07) is 5.55. The average Bonchev–Trinajstić information content (AvgIpc) is 3.06. The number of hydrogen-bond donors (Lipinski definition) is 2. The Morgan fingerprint density at radius 2 is 2.08 bits per heavy atom. The van der Waals surface area contributed by atoms with Gasteiger partial charge in [-0.2, -0.15) is 0 Å². The van der Waals surface area contributed by atoms with Crippen LogP contribution < -0.4 is 21.5 Å². The molecule has 3 rings (SSSR count). The Kier molecular flexibility index (Phi) is 4.89. The first-order valence-corrected chi connectivity index (χ1v) is 8.34. The number of anilines is 2. The van der Waals surface area contributed by atoms with E-state index >= 15 is 0 Å². The van der Waals surface area contributed by atoms with Crippen molar-refractivity contribution in [3.8, 4) is 0 Å². The summed E-state index contributed by atoms with van der Waals surface area (Å²) in [5.41, 5.74) is 0.381. The summed E-state index contributed by atoms with van der Waals surface area (Å²) in [4.78, 5) is 30.4. The number of aromatic nitrogens is 3. The van der Waals surface area contributed by atoms with E-state index in [-0.39, 0.29) is 23.9 Å². The van der Waals surface area contributed by atoms with Crippen molar-refractivity contribution in [1.82, 2.24) is 14.1 Å². The fraction of sp³-hybridized carbons (Fsp3) is 0.471. The van der Waals surface area contributed by atoms with Crippen molar-refractivity contribution < 1.29 is 5.11 Å². The summed E-state index contributed by atoms with van der Waals surface area (Å²) in [7, 11) is 3.16. The van der Waals surface area contributed by atoms with Crippen LogP contribution >= 0.6 is 0 Å². The highest BCUT2D eigenvalue weighted by molar-refractivity contribution is 5.43. The Bertz CT molecular complexity index is 856. The Morgan fingerprint density at radius 3 is 2.76 bits per heavy atom. The number of rotatable bonds is 5. The summed E-state index contributed by atoms with van der Waals surface area (Å²) in [6.07, 6.45) is 3.25. The second kappa shape index (κ2) is 7.10. The van der Waals surface area contributed by atoms with Gasteiger partial charge in [-0.25, -0.2) is 9.78 Å². The van der Waals surface area contributed by atoms with E-state index in [0.29, 0.717) is 18.8 Å². The van der Waals surface area contributed by atoms with Crippen molar-refractivity contribution in [3.63, 3.8) is 0 Å². The largest absolute Gasteiger partial charge is 0.396 e. The molecule has 0 aromatic carbocycles. The molecule has 8 nitrogen and oxygen atoms in total. The zero-order valence-electron chi connectivity index (χ0n) is 14.5. The van der Waals surface area contributed by atoms with Gasteiger partial charge in [0.15, 0.2) is 0 Å². The van der Waals surface area contributed by atoms with Gasteiger partial charge in [-0.05, 0) is 24.5 Å². The molecule has 0 bridgehead atoms. The van der Waals surface area contributed by atoms with Gasteiger partial charge in [0.2, 0.25) is 0 Å². The molecule has 8 heteroatoms. The Morgan fingerprint density at radius 1 is 1.28 bits per heavy atom. The van der Waals surface area contributed by atoms with Crippen LogP contribution in [-0.2, 0) is 20.5 Å². The zero-order valence-corrected chi connectivity index (χ0v) is 14.5. The molecule has 0 radical (unpaired) electrons. The number of nitrogens with one attached hydrogen (secondary N) is 1. The van der Waals surface area contributed by atoms with Gasteiger partial charge in [0.25, 0.3) is 5.56 Å². The molecular weight excluding hydrogens is 322 g/mol. The molecule has 1 saturated heterocycles. The second-order valence-electron chi connectivity index (χ2n) is 6.34. The third-order valence-corrected chi connectivity index (χ3v) is 4.59. The fourth-order valence-corrected chi connectivity index (χ4v) is 3.11. The lowest BCUT2D eigenvalue weighted by Crippen LogP contribution is -2.40. The molecule has 2 aromatic rings. The number of pyridine rings is 1. The lowest BCUT2D eigenvalue weighted by molar-refractivity contribution is 0.299. The SMILES string of the molecule is Cn1c(N2CC[C@H](Nc3ccc(CCO)cn3)C2)cc(=O)n(C)c1=O. The third kappa shape index (κ3) is 3.58. The topological polar surface area (TPSA) is 92.4 Å². The Hall–Kier alpha value is -2.61. The first kappa shape index (κ1) is 17.2. The Labute approximate surface area is 145 Å².